The van der Waals surface area contributed by atoms with Crippen molar-refractivity contribution in [2.45, 2.75) is 0 Å². The Morgan fingerprint density at radius 1 is 0.528 bits per heavy atom. The van der Waals surface area contributed by atoms with Gasteiger partial charge in [0.1, 0.15) is 0 Å². The van der Waals surface area contributed by atoms with Crippen molar-refractivity contribution in [3.63, 3.8) is 0 Å². The number of fused-ring (bicyclic) bond motifs is 5. The molecule has 7 rings (SSSR count). The van der Waals surface area contributed by atoms with Crippen LogP contribution in [-0.4, -0.2) is 19.7 Å². The molecule has 0 bridgehead atoms. The van der Waals surface area contributed by atoms with E-state index >= 15 is 0 Å². The van der Waals surface area contributed by atoms with Gasteiger partial charge in [-0.1, -0.05) is 42.5 Å². The van der Waals surface area contributed by atoms with Gasteiger partial charge in [-0.25, -0.2) is 4.68 Å². The molecule has 36 heavy (non-hydrogen) atoms. The summed E-state index contributed by atoms with van der Waals surface area (Å²) in [6.45, 7) is 0. The Morgan fingerprint density at radius 3 is 2.31 bits per heavy atom. The van der Waals surface area contributed by atoms with Crippen molar-refractivity contribution in [2.24, 2.45) is 0 Å². The molecule has 4 heterocycles. The normalized spacial score (nSPS) is 11.8. The number of benzene rings is 3. The minimum atomic E-state index is 0.943. The smallest absolute Gasteiger partial charge is 0.0802 e. The second-order valence-electron chi connectivity index (χ2n) is 8.67. The Kier molecular flexibility index (Phi) is 4.71. The minimum Gasteiger partial charge on any atom is -0.309 e. The van der Waals surface area contributed by atoms with Gasteiger partial charge in [-0.3, -0.25) is 9.97 Å². The summed E-state index contributed by atoms with van der Waals surface area (Å²) in [6, 6.07) is 35.6. The maximum Gasteiger partial charge on any atom is 0.0802 e. The lowest BCUT2D eigenvalue weighted by molar-refractivity contribution is 0.880. The van der Waals surface area contributed by atoms with E-state index in [9.17, 15) is 0 Å². The Labute approximate surface area is 209 Å². The highest BCUT2D eigenvalue weighted by Gasteiger charge is 2.27. The summed E-state index contributed by atoms with van der Waals surface area (Å²) >= 11 is 0. The van der Waals surface area contributed by atoms with Gasteiger partial charge < -0.3 is 4.90 Å². The van der Waals surface area contributed by atoms with Gasteiger partial charge in [-0.2, -0.15) is 5.10 Å². The topological polar surface area (TPSA) is 46.8 Å². The molecule has 0 atom stereocenters. The molecule has 3 aromatic carbocycles. The standard InChI is InChI=1S/C31H21N5/c1-2-13-29-25(10-1)26-11-6-17-33-31(26)27-15-14-23(35-19-7-18-34-35)21-30(27)36(29)24-9-5-8-22(20-24)28-12-3-4-16-32-28/h1-21H. The number of hydrogen-bond acceptors (Lipinski definition) is 4. The lowest BCUT2D eigenvalue weighted by Gasteiger charge is -2.28. The first-order valence-electron chi connectivity index (χ1n) is 11.9. The largest absolute Gasteiger partial charge is 0.309 e. The molecule has 0 fully saturated rings. The predicted molar refractivity (Wildman–Crippen MR) is 144 cm³/mol. The maximum atomic E-state index is 4.85. The molecule has 1 aliphatic heterocycles. The van der Waals surface area contributed by atoms with Crippen LogP contribution >= 0.6 is 0 Å². The van der Waals surface area contributed by atoms with E-state index < -0.39 is 0 Å². The van der Waals surface area contributed by atoms with Crippen molar-refractivity contribution >= 4 is 17.1 Å². The average molecular weight is 464 g/mol. The second kappa shape index (κ2) is 8.32. The molecule has 0 unspecified atom stereocenters. The molecule has 5 nitrogen and oxygen atoms in total. The van der Waals surface area contributed by atoms with Crippen LogP contribution in [0.2, 0.25) is 0 Å². The van der Waals surface area contributed by atoms with Crippen LogP contribution in [0.15, 0.2) is 128 Å². The Bertz CT molecular complexity index is 1690. The molecule has 170 valence electrons. The Balaban J connectivity index is 1.53. The van der Waals surface area contributed by atoms with Crippen LogP contribution in [0.1, 0.15) is 0 Å². The van der Waals surface area contributed by atoms with Gasteiger partial charge in [0.25, 0.3) is 0 Å². The quantitative estimate of drug-likeness (QED) is 0.273. The summed E-state index contributed by atoms with van der Waals surface area (Å²) < 4.78 is 1.89. The van der Waals surface area contributed by atoms with E-state index in [-0.39, 0.29) is 0 Å². The third-order valence-corrected chi connectivity index (χ3v) is 6.55. The SMILES string of the molecule is c1ccc(-c2cccc(N3c4ccccc4-c4cccnc4-c4ccc(-n5cccn5)cc43)c2)nc1. The summed E-state index contributed by atoms with van der Waals surface area (Å²) in [5.41, 5.74) is 10.5. The third kappa shape index (κ3) is 3.29. The molecule has 0 radical (unpaired) electrons. The molecule has 0 saturated carbocycles. The molecule has 0 amide bonds. The number of para-hydroxylation sites is 1. The summed E-state index contributed by atoms with van der Waals surface area (Å²) in [7, 11) is 0. The van der Waals surface area contributed by atoms with Gasteiger partial charge in [0, 0.05) is 52.7 Å². The molecule has 5 heteroatoms. The number of rotatable bonds is 3. The Morgan fingerprint density at radius 2 is 1.42 bits per heavy atom. The summed E-state index contributed by atoms with van der Waals surface area (Å²) in [5.74, 6) is 0. The molecular formula is C31H21N5. The van der Waals surface area contributed by atoms with Crippen molar-refractivity contribution in [1.29, 1.82) is 0 Å². The van der Waals surface area contributed by atoms with E-state index in [1.807, 2.05) is 53.6 Å². The average Bonchev–Trinajstić information content (AvgIpc) is 3.46. The third-order valence-electron chi connectivity index (χ3n) is 6.55. The molecule has 3 aromatic heterocycles. The fourth-order valence-corrected chi connectivity index (χ4v) is 4.95. The first-order chi connectivity index (χ1) is 17.9. The van der Waals surface area contributed by atoms with Crippen LogP contribution in [0.3, 0.4) is 0 Å². The van der Waals surface area contributed by atoms with Crippen LogP contribution in [0.4, 0.5) is 17.1 Å². The molecule has 6 aromatic rings. The second-order valence-corrected chi connectivity index (χ2v) is 8.67. The molecule has 0 saturated heterocycles. The van der Waals surface area contributed by atoms with Crippen molar-refractivity contribution in [1.82, 2.24) is 19.7 Å². The highest BCUT2D eigenvalue weighted by atomic mass is 15.3. The zero-order valence-corrected chi connectivity index (χ0v) is 19.4. The van der Waals surface area contributed by atoms with E-state index in [0.29, 0.717) is 0 Å². The van der Waals surface area contributed by atoms with Crippen LogP contribution in [0, 0.1) is 0 Å². The van der Waals surface area contributed by atoms with Gasteiger partial charge in [0.05, 0.1) is 28.5 Å². The number of hydrogen-bond donors (Lipinski definition) is 0. The van der Waals surface area contributed by atoms with Crippen molar-refractivity contribution in [2.75, 3.05) is 4.90 Å². The van der Waals surface area contributed by atoms with E-state index in [2.05, 4.69) is 87.8 Å². The van der Waals surface area contributed by atoms with E-state index in [4.69, 9.17) is 4.98 Å². The van der Waals surface area contributed by atoms with E-state index in [1.165, 1.54) is 0 Å². The van der Waals surface area contributed by atoms with Crippen molar-refractivity contribution in [3.8, 4) is 39.3 Å². The van der Waals surface area contributed by atoms with E-state index in [0.717, 1.165) is 56.4 Å². The van der Waals surface area contributed by atoms with Gasteiger partial charge in [-0.05, 0) is 60.7 Å². The predicted octanol–water partition coefficient (Wildman–Crippen LogP) is 7.45. The monoisotopic (exact) mass is 463 g/mol. The molecular weight excluding hydrogens is 442 g/mol. The molecule has 0 spiro atoms. The highest BCUT2D eigenvalue weighted by Crippen LogP contribution is 2.50. The highest BCUT2D eigenvalue weighted by molar-refractivity contribution is 6.01. The van der Waals surface area contributed by atoms with Crippen LogP contribution in [0.5, 0.6) is 0 Å². The van der Waals surface area contributed by atoms with E-state index in [1.54, 1.807) is 6.20 Å². The van der Waals surface area contributed by atoms with Crippen LogP contribution in [-0.2, 0) is 0 Å². The zero-order valence-electron chi connectivity index (χ0n) is 19.4. The number of anilines is 3. The molecule has 1 aliphatic rings. The summed E-state index contributed by atoms with van der Waals surface area (Å²) in [4.78, 5) is 11.8. The summed E-state index contributed by atoms with van der Waals surface area (Å²) in [5, 5.41) is 4.47. The van der Waals surface area contributed by atoms with Gasteiger partial charge >= 0.3 is 0 Å². The number of aromatic nitrogens is 4. The van der Waals surface area contributed by atoms with Crippen LogP contribution in [0.25, 0.3) is 39.3 Å². The van der Waals surface area contributed by atoms with Gasteiger partial charge in [-0.15, -0.1) is 0 Å². The fourth-order valence-electron chi connectivity index (χ4n) is 4.95. The fraction of sp³-hybridized carbons (Fsp3) is 0. The molecule has 0 N–H and O–H groups in total. The number of nitrogens with zero attached hydrogens (tertiary/aromatic N) is 5. The maximum absolute atomic E-state index is 4.85. The zero-order chi connectivity index (χ0) is 23.9. The lowest BCUT2D eigenvalue weighted by Crippen LogP contribution is -2.12. The van der Waals surface area contributed by atoms with Crippen LogP contribution < -0.4 is 4.90 Å². The summed E-state index contributed by atoms with van der Waals surface area (Å²) in [6.07, 6.45) is 7.46. The molecule has 0 aliphatic carbocycles. The van der Waals surface area contributed by atoms with Crippen molar-refractivity contribution in [3.05, 3.63) is 128 Å². The first kappa shape index (κ1) is 20.4. The first-order valence-corrected chi connectivity index (χ1v) is 11.9. The van der Waals surface area contributed by atoms with Gasteiger partial charge in [0.15, 0.2) is 0 Å². The lowest BCUT2D eigenvalue weighted by atomic mass is 9.99. The van der Waals surface area contributed by atoms with Crippen molar-refractivity contribution < 1.29 is 0 Å². The number of pyridine rings is 2. The minimum absolute atomic E-state index is 0.943. The van der Waals surface area contributed by atoms with Gasteiger partial charge in [0.2, 0.25) is 0 Å². The Hall–Kier alpha value is -5.03.